The lowest BCUT2D eigenvalue weighted by Gasteiger charge is -2.16. The maximum Gasteiger partial charge on any atom is 0.335 e. The summed E-state index contributed by atoms with van der Waals surface area (Å²) in [7, 11) is 0. The number of aromatic carboxylic acids is 1. The van der Waals surface area contributed by atoms with Crippen molar-refractivity contribution in [1.82, 2.24) is 0 Å². The Kier molecular flexibility index (Phi) is 5.83. The molecule has 0 saturated heterocycles. The lowest BCUT2D eigenvalue weighted by Crippen LogP contribution is -2.16. The maximum atomic E-state index is 11.2. The van der Waals surface area contributed by atoms with E-state index in [1.165, 1.54) is 18.2 Å². The van der Waals surface area contributed by atoms with E-state index in [0.717, 1.165) is 0 Å². The number of nitrogens with two attached hydrogens (primary N) is 1. The van der Waals surface area contributed by atoms with Crippen LogP contribution in [0, 0.1) is 0 Å². The quantitative estimate of drug-likeness (QED) is 0.719. The predicted molar refractivity (Wildman–Crippen MR) is 92.9 cm³/mol. The highest BCUT2D eigenvalue weighted by molar-refractivity contribution is 6.36. The molecular weight excluding hydrogens is 353 g/mol. The molecule has 2 aromatic carbocycles. The Bertz CT molecular complexity index is 792. The second-order valence-corrected chi connectivity index (χ2v) is 6.08. The van der Waals surface area contributed by atoms with Gasteiger partial charge in [0.05, 0.1) is 12.0 Å². The van der Waals surface area contributed by atoms with Crippen molar-refractivity contribution in [3.63, 3.8) is 0 Å². The zero-order valence-electron chi connectivity index (χ0n) is 12.5. The minimum absolute atomic E-state index is 0.0804. The fourth-order valence-corrected chi connectivity index (χ4v) is 2.85. The van der Waals surface area contributed by atoms with Crippen molar-refractivity contribution >= 4 is 35.1 Å². The standard InChI is InChI=1S/C17H15Cl2NO4/c18-14-3-1-9(11(8-20)7-16(21)22)5-12(14)13-6-10(17(23)24)2-4-15(13)19/h1-6,11H,7-8,20H2,(H,21,22)(H,23,24). The van der Waals surface area contributed by atoms with Gasteiger partial charge in [0.1, 0.15) is 0 Å². The number of carboxylic acids is 2. The summed E-state index contributed by atoms with van der Waals surface area (Å²) in [5.41, 5.74) is 7.46. The molecule has 0 bridgehead atoms. The molecule has 5 nitrogen and oxygen atoms in total. The molecule has 1 unspecified atom stereocenters. The SMILES string of the molecule is NCC(CC(=O)O)c1ccc(Cl)c(-c2cc(C(=O)O)ccc2Cl)c1. The van der Waals surface area contributed by atoms with Gasteiger partial charge in [-0.3, -0.25) is 4.79 Å². The van der Waals surface area contributed by atoms with Gasteiger partial charge >= 0.3 is 11.9 Å². The van der Waals surface area contributed by atoms with E-state index < -0.39 is 11.9 Å². The van der Waals surface area contributed by atoms with Crippen LogP contribution in [-0.4, -0.2) is 28.7 Å². The minimum Gasteiger partial charge on any atom is -0.481 e. The van der Waals surface area contributed by atoms with Crippen molar-refractivity contribution in [3.05, 3.63) is 57.6 Å². The smallest absolute Gasteiger partial charge is 0.335 e. The van der Waals surface area contributed by atoms with E-state index in [-0.39, 0.29) is 24.4 Å². The minimum atomic E-state index is -1.08. The Labute approximate surface area is 148 Å². The van der Waals surface area contributed by atoms with E-state index in [1.54, 1.807) is 18.2 Å². The molecule has 1 atom stereocenters. The molecule has 0 radical (unpaired) electrons. The van der Waals surface area contributed by atoms with Gasteiger partial charge in [-0.05, 0) is 42.4 Å². The molecule has 0 spiro atoms. The van der Waals surface area contributed by atoms with Gasteiger partial charge in [0, 0.05) is 27.1 Å². The zero-order valence-corrected chi connectivity index (χ0v) is 14.0. The van der Waals surface area contributed by atoms with Crippen LogP contribution in [0.4, 0.5) is 0 Å². The number of rotatable bonds is 6. The summed E-state index contributed by atoms with van der Waals surface area (Å²) in [5, 5.41) is 18.9. The van der Waals surface area contributed by atoms with Crippen LogP contribution in [-0.2, 0) is 4.79 Å². The molecule has 2 rings (SSSR count). The van der Waals surface area contributed by atoms with E-state index in [9.17, 15) is 9.59 Å². The van der Waals surface area contributed by atoms with Gasteiger partial charge in [-0.15, -0.1) is 0 Å². The summed E-state index contributed by atoms with van der Waals surface area (Å²) in [4.78, 5) is 22.1. The second-order valence-electron chi connectivity index (χ2n) is 5.27. The average Bonchev–Trinajstić information content (AvgIpc) is 2.53. The Balaban J connectivity index is 2.55. The van der Waals surface area contributed by atoms with Crippen LogP contribution in [0.5, 0.6) is 0 Å². The van der Waals surface area contributed by atoms with Crippen molar-refractivity contribution in [3.8, 4) is 11.1 Å². The monoisotopic (exact) mass is 367 g/mol. The van der Waals surface area contributed by atoms with Crippen LogP contribution < -0.4 is 5.73 Å². The summed E-state index contributed by atoms with van der Waals surface area (Å²) in [5.74, 6) is -2.40. The first-order valence-electron chi connectivity index (χ1n) is 7.08. The van der Waals surface area contributed by atoms with Gasteiger partial charge in [-0.2, -0.15) is 0 Å². The molecule has 0 aliphatic heterocycles. The highest BCUT2D eigenvalue weighted by Gasteiger charge is 2.17. The van der Waals surface area contributed by atoms with Crippen LogP contribution in [0.2, 0.25) is 10.0 Å². The normalized spacial score (nSPS) is 12.0. The molecule has 0 heterocycles. The topological polar surface area (TPSA) is 101 Å². The third-order valence-electron chi connectivity index (χ3n) is 3.67. The lowest BCUT2D eigenvalue weighted by molar-refractivity contribution is -0.137. The molecule has 4 N–H and O–H groups in total. The van der Waals surface area contributed by atoms with Gasteiger partial charge in [-0.1, -0.05) is 29.3 Å². The number of carbonyl (C=O) groups is 2. The third-order valence-corrected chi connectivity index (χ3v) is 4.33. The van der Waals surface area contributed by atoms with Crippen LogP contribution in [0.1, 0.15) is 28.3 Å². The van der Waals surface area contributed by atoms with Gasteiger partial charge in [-0.25, -0.2) is 4.79 Å². The molecule has 0 aromatic heterocycles. The van der Waals surface area contributed by atoms with Crippen molar-refractivity contribution in [1.29, 1.82) is 0 Å². The molecule has 0 fully saturated rings. The molecule has 24 heavy (non-hydrogen) atoms. The Morgan fingerprint density at radius 3 is 2.12 bits per heavy atom. The van der Waals surface area contributed by atoms with Crippen molar-refractivity contribution in [2.45, 2.75) is 12.3 Å². The number of benzene rings is 2. The first-order valence-corrected chi connectivity index (χ1v) is 7.83. The third kappa shape index (κ3) is 4.06. The Morgan fingerprint density at radius 1 is 1.00 bits per heavy atom. The summed E-state index contributed by atoms with van der Waals surface area (Å²) >= 11 is 12.4. The molecule has 0 amide bonds. The van der Waals surface area contributed by atoms with Crippen LogP contribution in [0.25, 0.3) is 11.1 Å². The molecule has 7 heteroatoms. The van der Waals surface area contributed by atoms with Crippen molar-refractivity contribution in [2.75, 3.05) is 6.54 Å². The Morgan fingerprint density at radius 2 is 1.58 bits per heavy atom. The lowest BCUT2D eigenvalue weighted by atomic mass is 9.92. The number of aliphatic carboxylic acids is 1. The number of halogens is 2. The molecular formula is C17H15Cl2NO4. The summed E-state index contributed by atoms with van der Waals surface area (Å²) in [6.45, 7) is 0.163. The highest BCUT2D eigenvalue weighted by Crippen LogP contribution is 2.36. The predicted octanol–water partition coefficient (Wildman–Crippen LogP) is 3.88. The van der Waals surface area contributed by atoms with E-state index >= 15 is 0 Å². The first-order chi connectivity index (χ1) is 11.3. The van der Waals surface area contributed by atoms with Gasteiger partial charge < -0.3 is 15.9 Å². The van der Waals surface area contributed by atoms with Gasteiger partial charge in [0.25, 0.3) is 0 Å². The van der Waals surface area contributed by atoms with Crippen molar-refractivity contribution in [2.24, 2.45) is 5.73 Å². The first kappa shape index (κ1) is 18.3. The molecule has 0 aliphatic rings. The molecule has 0 aliphatic carbocycles. The number of hydrogen-bond acceptors (Lipinski definition) is 3. The van der Waals surface area contributed by atoms with E-state index in [4.69, 9.17) is 39.1 Å². The van der Waals surface area contributed by atoms with Gasteiger partial charge in [0.15, 0.2) is 0 Å². The van der Waals surface area contributed by atoms with E-state index in [0.29, 0.717) is 26.7 Å². The fraction of sp³-hybridized carbons (Fsp3) is 0.176. The van der Waals surface area contributed by atoms with Crippen LogP contribution in [0.3, 0.4) is 0 Å². The second kappa shape index (κ2) is 7.66. The molecule has 126 valence electrons. The summed E-state index contributed by atoms with van der Waals surface area (Å²) in [6, 6.07) is 9.36. The number of carboxylic acid groups (broad SMARTS) is 2. The fourth-order valence-electron chi connectivity index (χ4n) is 2.42. The largest absolute Gasteiger partial charge is 0.481 e. The maximum absolute atomic E-state index is 11.2. The highest BCUT2D eigenvalue weighted by atomic mass is 35.5. The zero-order chi connectivity index (χ0) is 17.9. The van der Waals surface area contributed by atoms with E-state index in [2.05, 4.69) is 0 Å². The van der Waals surface area contributed by atoms with Crippen LogP contribution >= 0.6 is 23.2 Å². The molecule has 2 aromatic rings. The molecule has 0 saturated carbocycles. The van der Waals surface area contributed by atoms with E-state index in [1.807, 2.05) is 0 Å². The number of hydrogen-bond donors (Lipinski definition) is 3. The van der Waals surface area contributed by atoms with Crippen molar-refractivity contribution < 1.29 is 19.8 Å². The summed E-state index contributed by atoms with van der Waals surface area (Å²) < 4.78 is 0. The van der Waals surface area contributed by atoms with Crippen LogP contribution in [0.15, 0.2) is 36.4 Å². The average molecular weight is 368 g/mol. The van der Waals surface area contributed by atoms with Gasteiger partial charge in [0.2, 0.25) is 0 Å². The summed E-state index contributed by atoms with van der Waals surface area (Å²) in [6.07, 6.45) is -0.111. The Hall–Kier alpha value is -2.08.